The maximum Gasteiger partial charge on any atom is 0.124 e. The van der Waals surface area contributed by atoms with Gasteiger partial charge in [-0.1, -0.05) is 130 Å². The van der Waals surface area contributed by atoms with Gasteiger partial charge in [0.05, 0.1) is 36.6 Å². The maximum absolute atomic E-state index is 6.40. The molecule has 9 aliphatic rings. The first kappa shape index (κ1) is 64.9. The number of benzene rings is 3. The number of pyridine rings is 3. The number of hydrogen-bond acceptors (Lipinski definition) is 10. The van der Waals surface area contributed by atoms with Crippen molar-refractivity contribution in [1.82, 2.24) is 15.0 Å². The fourth-order valence-corrected chi connectivity index (χ4v) is 17.8. The summed E-state index contributed by atoms with van der Waals surface area (Å²) in [5.41, 5.74) is 14.5. The van der Waals surface area contributed by atoms with E-state index in [0.29, 0.717) is 11.8 Å². The highest BCUT2D eigenvalue weighted by molar-refractivity contribution is 5.85. The number of allylic oxidation sites excluding steroid dienone is 1. The summed E-state index contributed by atoms with van der Waals surface area (Å²) >= 11 is 0. The highest BCUT2D eigenvalue weighted by Crippen LogP contribution is 2.54. The second kappa shape index (κ2) is 30.2. The van der Waals surface area contributed by atoms with E-state index in [1.807, 2.05) is 61.1 Å². The molecule has 89 heavy (non-hydrogen) atoms. The van der Waals surface area contributed by atoms with Crippen LogP contribution in [0.2, 0.25) is 0 Å². The van der Waals surface area contributed by atoms with Crippen LogP contribution in [0.1, 0.15) is 231 Å². The number of hydrogen-bond donors (Lipinski definition) is 1. The van der Waals surface area contributed by atoms with Crippen molar-refractivity contribution in [1.29, 1.82) is 0 Å². The number of rotatable bonds is 13. The Balaban J connectivity index is 0.000000128. The second-order valence-corrected chi connectivity index (χ2v) is 27.8. The van der Waals surface area contributed by atoms with E-state index in [0.717, 1.165) is 127 Å². The van der Waals surface area contributed by atoms with E-state index in [-0.39, 0.29) is 51.5 Å². The van der Waals surface area contributed by atoms with Crippen LogP contribution in [0.15, 0.2) is 159 Å². The number of para-hydroxylation sites is 3. The third-order valence-corrected chi connectivity index (χ3v) is 22.2. The Morgan fingerprint density at radius 3 is 1.16 bits per heavy atom. The molecule has 3 saturated carbocycles. The van der Waals surface area contributed by atoms with E-state index in [2.05, 4.69) is 103 Å². The Labute approximate surface area is 538 Å². The minimum atomic E-state index is 0. The zero-order valence-corrected chi connectivity index (χ0v) is 54.0. The molecule has 6 aromatic rings. The Kier molecular flexibility index (Phi) is 22.0. The highest BCUT2D eigenvalue weighted by Gasteiger charge is 2.51. The number of nitrogens with zero attached hydrogens (tertiary/aromatic N) is 3. The molecule has 3 saturated heterocycles. The van der Waals surface area contributed by atoms with Gasteiger partial charge in [0.2, 0.25) is 0 Å². The van der Waals surface area contributed by atoms with Crippen molar-refractivity contribution in [2.24, 2.45) is 5.73 Å². The fourth-order valence-electron chi connectivity index (χ4n) is 17.8. The van der Waals surface area contributed by atoms with Gasteiger partial charge >= 0.3 is 0 Å². The molecule has 6 atom stereocenters. The van der Waals surface area contributed by atoms with Crippen molar-refractivity contribution >= 4 is 12.4 Å². The molecular weight excluding hydrogens is 1120 g/mol. The molecule has 0 bridgehead atoms. The number of fused-ring (bicyclic) bond motifs is 3. The SMILES string of the molecule is C=CC[C@@]1(c2ccccn2)CCOC2(CCCC2)C1.Cl.N[C@@H]1CCOc2ccccc21.c1ccc([C@]2(CCC[C@@H]3CCOc4ccccc43)CCOC3(CCCC3)C2)nc1.c1ccc([C@]2(CCC[C@@H]3CCOc4ccccc43)CCOC3(CCCC3)C2)nc1. The smallest absolute Gasteiger partial charge is 0.124 e. The van der Waals surface area contributed by atoms with Gasteiger partial charge in [-0.3, -0.25) is 15.0 Å². The summed E-state index contributed by atoms with van der Waals surface area (Å²) in [6, 6.07) is 44.6. The van der Waals surface area contributed by atoms with E-state index in [1.165, 1.54) is 144 Å². The minimum absolute atomic E-state index is 0. The summed E-state index contributed by atoms with van der Waals surface area (Å²) in [7, 11) is 0. The zero-order chi connectivity index (χ0) is 60.0. The molecular formula is C78H101ClN4O6. The largest absolute Gasteiger partial charge is 0.493 e. The van der Waals surface area contributed by atoms with Crippen LogP contribution in [-0.2, 0) is 30.5 Å². The molecule has 6 aliphatic heterocycles. The third-order valence-electron chi connectivity index (χ3n) is 22.2. The first-order chi connectivity index (χ1) is 43.2. The highest BCUT2D eigenvalue weighted by atomic mass is 35.5. The molecule has 6 fully saturated rings. The van der Waals surface area contributed by atoms with Crippen LogP contribution in [0.4, 0.5) is 0 Å². The maximum atomic E-state index is 6.40. The van der Waals surface area contributed by atoms with Gasteiger partial charge in [-0.25, -0.2) is 0 Å². The van der Waals surface area contributed by atoms with Gasteiger partial charge in [0.1, 0.15) is 17.2 Å². The molecule has 9 heterocycles. The van der Waals surface area contributed by atoms with Crippen LogP contribution in [0.25, 0.3) is 0 Å². The third kappa shape index (κ3) is 15.3. The molecule has 3 aromatic carbocycles. The Morgan fingerprint density at radius 1 is 0.416 bits per heavy atom. The number of halogens is 1. The molecule has 15 rings (SSSR count). The van der Waals surface area contributed by atoms with Crippen molar-refractivity contribution in [2.45, 2.75) is 231 Å². The van der Waals surface area contributed by atoms with Crippen molar-refractivity contribution in [3.63, 3.8) is 0 Å². The van der Waals surface area contributed by atoms with Gasteiger partial charge < -0.3 is 34.2 Å². The summed E-state index contributed by atoms with van der Waals surface area (Å²) in [4.78, 5) is 14.4. The predicted octanol–water partition coefficient (Wildman–Crippen LogP) is 18.3. The quantitative estimate of drug-likeness (QED) is 0.112. The van der Waals surface area contributed by atoms with Gasteiger partial charge in [-0.15, -0.1) is 19.0 Å². The summed E-state index contributed by atoms with van der Waals surface area (Å²) in [5, 5.41) is 0. The lowest BCUT2D eigenvalue weighted by atomic mass is 9.67. The summed E-state index contributed by atoms with van der Waals surface area (Å²) in [6.45, 7) is 9.06. The van der Waals surface area contributed by atoms with Gasteiger partial charge in [0.25, 0.3) is 0 Å². The van der Waals surface area contributed by atoms with E-state index in [1.54, 1.807) is 0 Å². The molecule has 476 valence electrons. The molecule has 3 aliphatic carbocycles. The van der Waals surface area contributed by atoms with E-state index < -0.39 is 0 Å². The van der Waals surface area contributed by atoms with Crippen LogP contribution < -0.4 is 19.9 Å². The summed E-state index contributed by atoms with van der Waals surface area (Å²) in [5.74, 6) is 4.40. The van der Waals surface area contributed by atoms with Gasteiger partial charge in [-0.05, 0) is 200 Å². The van der Waals surface area contributed by atoms with Crippen LogP contribution >= 0.6 is 12.4 Å². The van der Waals surface area contributed by atoms with Crippen molar-refractivity contribution in [3.05, 3.63) is 192 Å². The average Bonchev–Trinajstić information content (AvgIpc) is 2.37. The summed E-state index contributed by atoms with van der Waals surface area (Å²) < 4.78 is 36.2. The molecule has 11 heteroatoms. The predicted molar refractivity (Wildman–Crippen MR) is 359 cm³/mol. The van der Waals surface area contributed by atoms with Crippen LogP contribution in [-0.4, -0.2) is 71.4 Å². The lowest BCUT2D eigenvalue weighted by molar-refractivity contribution is -0.105. The monoisotopic (exact) mass is 1220 g/mol. The van der Waals surface area contributed by atoms with Gasteiger partial charge in [-0.2, -0.15) is 0 Å². The normalized spacial score (nSPS) is 27.3. The molecule has 3 spiro atoms. The Morgan fingerprint density at radius 2 is 0.764 bits per heavy atom. The Bertz CT molecular complexity index is 2990. The van der Waals surface area contributed by atoms with E-state index in [4.69, 9.17) is 44.1 Å². The molecule has 0 amide bonds. The Hall–Kier alpha value is -5.62. The molecule has 0 unspecified atom stereocenters. The second-order valence-electron chi connectivity index (χ2n) is 27.8. The number of ether oxygens (including phenoxy) is 6. The van der Waals surface area contributed by atoms with Crippen LogP contribution in [0.3, 0.4) is 0 Å². The van der Waals surface area contributed by atoms with Crippen molar-refractivity contribution in [3.8, 4) is 17.2 Å². The summed E-state index contributed by atoms with van der Waals surface area (Å²) in [6.07, 6.45) is 41.5. The molecule has 3 aromatic heterocycles. The number of aromatic nitrogens is 3. The first-order valence-corrected chi connectivity index (χ1v) is 34.4. The van der Waals surface area contributed by atoms with Crippen LogP contribution in [0.5, 0.6) is 17.2 Å². The fraction of sp³-hybridized carbons (Fsp3) is 0.551. The van der Waals surface area contributed by atoms with Crippen molar-refractivity contribution in [2.75, 3.05) is 39.6 Å². The minimum Gasteiger partial charge on any atom is -0.493 e. The molecule has 0 radical (unpaired) electrons. The topological polar surface area (TPSA) is 120 Å². The average molecular weight is 1230 g/mol. The van der Waals surface area contributed by atoms with Crippen LogP contribution in [0, 0.1) is 0 Å². The van der Waals surface area contributed by atoms with Crippen molar-refractivity contribution < 1.29 is 28.4 Å². The zero-order valence-electron chi connectivity index (χ0n) is 53.2. The van der Waals surface area contributed by atoms with Gasteiger partial charge in [0.15, 0.2) is 0 Å². The van der Waals surface area contributed by atoms with E-state index >= 15 is 0 Å². The molecule has 2 N–H and O–H groups in total. The lowest BCUT2D eigenvalue weighted by Crippen LogP contribution is -2.46. The van der Waals surface area contributed by atoms with Gasteiger partial charge in [0, 0.05) is 89.8 Å². The first-order valence-electron chi connectivity index (χ1n) is 34.4. The standard InChI is InChI=1S/2C26H33NO2.C17H23NO.C9H11NO.ClH/c2*1-2-10-23-22(9-1)21(12-18-28-23)8-7-13-25(24-11-3-6-17-27-24)16-19-29-26(20-25)14-4-5-15-26;1-2-8-16(15-7-3-6-12-18-15)11-13-19-17(14-16)9-4-5-10-17;10-8-5-6-11-9-4-2-1-3-7(8)9;/h2*1-3,6,9-11,17,21H,4-5,7-8,12-16,18-20H2;2-3,6-7,12H,1,4-5,8-11,13-14H2;1-4,8H,5-6,10H2;1H/t2*21-,25-;16-;8-;/m1111./s1. The molecule has 10 nitrogen and oxygen atoms in total. The van der Waals surface area contributed by atoms with E-state index in [9.17, 15) is 0 Å². The number of nitrogens with two attached hydrogens (primary N) is 1. The lowest BCUT2D eigenvalue weighted by Gasteiger charge is -2.46.